The van der Waals surface area contributed by atoms with Gasteiger partial charge in [0.2, 0.25) is 0 Å². The molecule has 0 saturated carbocycles. The summed E-state index contributed by atoms with van der Waals surface area (Å²) in [6.45, 7) is -0.741. The van der Waals surface area contributed by atoms with Gasteiger partial charge < -0.3 is 5.11 Å². The molecule has 0 radical (unpaired) electrons. The Labute approximate surface area is 64.0 Å². The summed E-state index contributed by atoms with van der Waals surface area (Å²) >= 11 is 0. The highest BCUT2D eigenvalue weighted by molar-refractivity contribution is 5.90. The molecule has 11 heavy (non-hydrogen) atoms. The molecule has 1 N–H and O–H groups in total. The first-order valence-corrected chi connectivity index (χ1v) is 3.36. The number of aliphatic hydroxyl groups is 1. The maximum absolute atomic E-state index is 13.3. The van der Waals surface area contributed by atoms with Crippen LogP contribution < -0.4 is 0 Å². The molecule has 0 amide bonds. The average Bonchev–Trinajstić information content (AvgIpc) is 2.04. The highest BCUT2D eigenvalue weighted by Gasteiger charge is 2.34. The fourth-order valence-corrected chi connectivity index (χ4v) is 0.932. The third kappa shape index (κ3) is 1.54. The summed E-state index contributed by atoms with van der Waals surface area (Å²) < 4.78 is 13.3. The molecule has 0 bridgehead atoms. The molecule has 1 aliphatic carbocycles. The Morgan fingerprint density at radius 3 is 2.82 bits per heavy atom. The van der Waals surface area contributed by atoms with Crippen LogP contribution in [0.5, 0.6) is 0 Å². The van der Waals surface area contributed by atoms with Gasteiger partial charge in [0, 0.05) is 6.42 Å². The number of hydrogen-bond donors (Lipinski definition) is 1. The van der Waals surface area contributed by atoms with Crippen molar-refractivity contribution in [2.45, 2.75) is 12.1 Å². The SMILES string of the molecule is O=C(CO)C1(F)C=CC=CC1. The molecular formula is C8H9FO2. The van der Waals surface area contributed by atoms with Crippen LogP contribution in [0.15, 0.2) is 24.3 Å². The monoisotopic (exact) mass is 156 g/mol. The molecule has 0 heterocycles. The van der Waals surface area contributed by atoms with Crippen LogP contribution in [0.2, 0.25) is 0 Å². The van der Waals surface area contributed by atoms with Crippen molar-refractivity contribution < 1.29 is 14.3 Å². The smallest absolute Gasteiger partial charge is 0.199 e. The highest BCUT2D eigenvalue weighted by atomic mass is 19.1. The molecule has 0 fully saturated rings. The zero-order valence-electron chi connectivity index (χ0n) is 5.96. The second kappa shape index (κ2) is 2.96. The van der Waals surface area contributed by atoms with Crippen LogP contribution in [-0.2, 0) is 4.79 Å². The molecule has 0 aliphatic heterocycles. The largest absolute Gasteiger partial charge is 0.388 e. The molecule has 1 unspecified atom stereocenters. The Balaban J connectivity index is 2.75. The van der Waals surface area contributed by atoms with Crippen LogP contribution in [-0.4, -0.2) is 23.2 Å². The molecular weight excluding hydrogens is 147 g/mol. The number of carbonyl (C=O) groups is 1. The Kier molecular flexibility index (Phi) is 2.19. The molecule has 2 nitrogen and oxygen atoms in total. The second-order valence-corrected chi connectivity index (χ2v) is 2.44. The van der Waals surface area contributed by atoms with Crippen molar-refractivity contribution in [3.05, 3.63) is 24.3 Å². The minimum absolute atomic E-state index is 0.0306. The van der Waals surface area contributed by atoms with Crippen LogP contribution in [0, 0.1) is 0 Å². The molecule has 0 aromatic rings. The van der Waals surface area contributed by atoms with E-state index in [-0.39, 0.29) is 6.42 Å². The van der Waals surface area contributed by atoms with Gasteiger partial charge in [-0.05, 0) is 6.08 Å². The van der Waals surface area contributed by atoms with Crippen molar-refractivity contribution in [2.75, 3.05) is 6.61 Å². The van der Waals surface area contributed by atoms with E-state index in [1.54, 1.807) is 12.2 Å². The van der Waals surface area contributed by atoms with E-state index in [0.717, 1.165) is 0 Å². The number of aliphatic hydroxyl groups excluding tert-OH is 1. The predicted octanol–water partition coefficient (Wildman–Crippen LogP) is 0.772. The standard InChI is InChI=1S/C8H9FO2/c9-8(7(11)6-10)4-2-1-3-5-8/h1-4,10H,5-6H2. The van der Waals surface area contributed by atoms with Crippen LogP contribution in [0.3, 0.4) is 0 Å². The van der Waals surface area contributed by atoms with E-state index in [1.807, 2.05) is 0 Å². The lowest BCUT2D eigenvalue weighted by Gasteiger charge is -2.18. The summed E-state index contributed by atoms with van der Waals surface area (Å²) in [5, 5.41) is 8.40. The van der Waals surface area contributed by atoms with Gasteiger partial charge in [-0.1, -0.05) is 18.2 Å². The van der Waals surface area contributed by atoms with E-state index in [0.29, 0.717) is 0 Å². The van der Waals surface area contributed by atoms with Gasteiger partial charge in [-0.25, -0.2) is 4.39 Å². The minimum atomic E-state index is -1.97. The fraction of sp³-hybridized carbons (Fsp3) is 0.375. The number of alkyl halides is 1. The van der Waals surface area contributed by atoms with Crippen molar-refractivity contribution in [1.29, 1.82) is 0 Å². The van der Waals surface area contributed by atoms with Crippen LogP contribution in [0.25, 0.3) is 0 Å². The van der Waals surface area contributed by atoms with Gasteiger partial charge >= 0.3 is 0 Å². The summed E-state index contributed by atoms with van der Waals surface area (Å²) in [6.07, 6.45) is 5.90. The summed E-state index contributed by atoms with van der Waals surface area (Å²) in [5.41, 5.74) is -1.97. The summed E-state index contributed by atoms with van der Waals surface area (Å²) in [6, 6.07) is 0. The molecule has 0 spiro atoms. The lowest BCUT2D eigenvalue weighted by Crippen LogP contribution is -2.34. The van der Waals surface area contributed by atoms with Gasteiger partial charge in [-0.3, -0.25) is 4.79 Å². The Morgan fingerprint density at radius 1 is 1.64 bits per heavy atom. The minimum Gasteiger partial charge on any atom is -0.388 e. The number of Topliss-reactive ketones (excluding diaryl/α,β-unsaturated/α-hetero) is 1. The van der Waals surface area contributed by atoms with Gasteiger partial charge in [0.25, 0.3) is 0 Å². The Hall–Kier alpha value is -0.960. The first kappa shape index (κ1) is 8.14. The van der Waals surface area contributed by atoms with Gasteiger partial charge in [-0.2, -0.15) is 0 Å². The Morgan fingerprint density at radius 2 is 2.36 bits per heavy atom. The number of allylic oxidation sites excluding steroid dienone is 4. The third-order valence-corrected chi connectivity index (χ3v) is 1.63. The quantitative estimate of drug-likeness (QED) is 0.641. The maximum Gasteiger partial charge on any atom is 0.199 e. The van der Waals surface area contributed by atoms with Crippen LogP contribution >= 0.6 is 0 Å². The van der Waals surface area contributed by atoms with Gasteiger partial charge in [0.05, 0.1) is 0 Å². The number of ketones is 1. The van der Waals surface area contributed by atoms with E-state index < -0.39 is 18.1 Å². The van der Waals surface area contributed by atoms with Crippen LogP contribution in [0.4, 0.5) is 4.39 Å². The first-order valence-electron chi connectivity index (χ1n) is 3.36. The molecule has 60 valence electrons. The average molecular weight is 156 g/mol. The Bertz CT molecular complexity index is 220. The number of halogens is 1. The predicted molar refractivity (Wildman–Crippen MR) is 38.8 cm³/mol. The van der Waals surface area contributed by atoms with E-state index in [2.05, 4.69) is 0 Å². The second-order valence-electron chi connectivity index (χ2n) is 2.44. The molecule has 1 aliphatic rings. The van der Waals surface area contributed by atoms with Crippen molar-refractivity contribution in [2.24, 2.45) is 0 Å². The van der Waals surface area contributed by atoms with E-state index in [9.17, 15) is 9.18 Å². The number of rotatable bonds is 2. The van der Waals surface area contributed by atoms with Crippen molar-refractivity contribution in [3.8, 4) is 0 Å². The topological polar surface area (TPSA) is 37.3 Å². The molecule has 0 aromatic heterocycles. The molecule has 1 rings (SSSR count). The molecule has 1 atom stereocenters. The first-order chi connectivity index (χ1) is 5.19. The van der Waals surface area contributed by atoms with Gasteiger partial charge in [0.15, 0.2) is 11.5 Å². The van der Waals surface area contributed by atoms with Crippen molar-refractivity contribution in [1.82, 2.24) is 0 Å². The highest BCUT2D eigenvalue weighted by Crippen LogP contribution is 2.23. The zero-order valence-corrected chi connectivity index (χ0v) is 5.96. The summed E-state index contributed by atoms with van der Waals surface area (Å²) in [7, 11) is 0. The lowest BCUT2D eigenvalue weighted by atomic mass is 9.93. The van der Waals surface area contributed by atoms with E-state index >= 15 is 0 Å². The lowest BCUT2D eigenvalue weighted by molar-refractivity contribution is -0.130. The van der Waals surface area contributed by atoms with Crippen molar-refractivity contribution in [3.63, 3.8) is 0 Å². The number of carbonyl (C=O) groups excluding carboxylic acids is 1. The van der Waals surface area contributed by atoms with Gasteiger partial charge in [0.1, 0.15) is 6.61 Å². The molecule has 0 aromatic carbocycles. The fourth-order valence-electron chi connectivity index (χ4n) is 0.932. The van der Waals surface area contributed by atoms with E-state index in [4.69, 9.17) is 5.11 Å². The molecule has 0 saturated heterocycles. The third-order valence-electron chi connectivity index (χ3n) is 1.63. The van der Waals surface area contributed by atoms with Crippen LogP contribution in [0.1, 0.15) is 6.42 Å². The van der Waals surface area contributed by atoms with Gasteiger partial charge in [-0.15, -0.1) is 0 Å². The summed E-state index contributed by atoms with van der Waals surface area (Å²) in [4.78, 5) is 10.8. The normalized spacial score (nSPS) is 28.9. The number of hydrogen-bond acceptors (Lipinski definition) is 2. The zero-order chi connectivity index (χ0) is 8.32. The summed E-state index contributed by atoms with van der Waals surface area (Å²) in [5.74, 6) is -0.780. The van der Waals surface area contributed by atoms with E-state index in [1.165, 1.54) is 12.2 Å². The molecule has 3 heteroatoms. The van der Waals surface area contributed by atoms with Crippen molar-refractivity contribution >= 4 is 5.78 Å². The maximum atomic E-state index is 13.3.